The largest absolute Gasteiger partial charge is 0.328 e. The third-order valence-electron chi connectivity index (χ3n) is 3.21. The van der Waals surface area contributed by atoms with Gasteiger partial charge in [-0.2, -0.15) is 0 Å². The van der Waals surface area contributed by atoms with Gasteiger partial charge in [-0.1, -0.05) is 35.0 Å². The van der Waals surface area contributed by atoms with Crippen molar-refractivity contribution in [3.8, 4) is 0 Å². The molecule has 1 nitrogen and oxygen atoms in total. The molecule has 0 aliphatic carbocycles. The lowest BCUT2D eigenvalue weighted by atomic mass is 9.88. The van der Waals surface area contributed by atoms with Crippen LogP contribution in [0.4, 0.5) is 0 Å². The zero-order chi connectivity index (χ0) is 12.1. The molecule has 2 atom stereocenters. The standard InChI is InChI=1S/C14H22BrN/c1-4-12(9-8-10(2)16)13-6-5-7-14(15)11(13)3/h5-7,10,12H,4,8-9,16H2,1-3H3. The Morgan fingerprint density at radius 2 is 2.00 bits per heavy atom. The Bertz CT molecular complexity index is 334. The molecule has 0 bridgehead atoms. The van der Waals surface area contributed by atoms with Gasteiger partial charge in [0.15, 0.2) is 0 Å². The maximum Gasteiger partial charge on any atom is 0.0207 e. The minimum atomic E-state index is 0.307. The summed E-state index contributed by atoms with van der Waals surface area (Å²) < 4.78 is 1.21. The molecule has 16 heavy (non-hydrogen) atoms. The Morgan fingerprint density at radius 1 is 1.31 bits per heavy atom. The number of rotatable bonds is 5. The maximum absolute atomic E-state index is 5.83. The minimum absolute atomic E-state index is 0.307. The zero-order valence-corrected chi connectivity index (χ0v) is 12.0. The number of nitrogens with two attached hydrogens (primary N) is 1. The second-order valence-electron chi connectivity index (χ2n) is 4.61. The predicted molar refractivity (Wildman–Crippen MR) is 74.8 cm³/mol. The van der Waals surface area contributed by atoms with Crippen molar-refractivity contribution in [2.24, 2.45) is 5.73 Å². The van der Waals surface area contributed by atoms with Gasteiger partial charge in [-0.25, -0.2) is 0 Å². The van der Waals surface area contributed by atoms with Gasteiger partial charge >= 0.3 is 0 Å². The van der Waals surface area contributed by atoms with Crippen molar-refractivity contribution in [3.63, 3.8) is 0 Å². The van der Waals surface area contributed by atoms with E-state index in [1.54, 1.807) is 0 Å². The molecule has 0 radical (unpaired) electrons. The summed E-state index contributed by atoms with van der Waals surface area (Å²) in [6.07, 6.45) is 3.47. The molecule has 0 heterocycles. The van der Waals surface area contributed by atoms with Crippen LogP contribution in [0.25, 0.3) is 0 Å². The normalized spacial score (nSPS) is 14.8. The van der Waals surface area contributed by atoms with E-state index < -0.39 is 0 Å². The Labute approximate surface area is 108 Å². The quantitative estimate of drug-likeness (QED) is 0.853. The monoisotopic (exact) mass is 283 g/mol. The van der Waals surface area contributed by atoms with E-state index in [0.717, 1.165) is 6.42 Å². The highest BCUT2D eigenvalue weighted by molar-refractivity contribution is 9.10. The molecular weight excluding hydrogens is 262 g/mol. The average molecular weight is 284 g/mol. The topological polar surface area (TPSA) is 26.0 Å². The molecule has 0 amide bonds. The van der Waals surface area contributed by atoms with Crippen LogP contribution < -0.4 is 5.73 Å². The Kier molecular flexibility index (Phi) is 5.50. The van der Waals surface area contributed by atoms with Crippen LogP contribution in [0.3, 0.4) is 0 Å². The predicted octanol–water partition coefficient (Wildman–Crippen LogP) is 4.38. The van der Waals surface area contributed by atoms with Crippen molar-refractivity contribution in [2.75, 3.05) is 0 Å². The molecule has 0 spiro atoms. The van der Waals surface area contributed by atoms with E-state index >= 15 is 0 Å². The van der Waals surface area contributed by atoms with Crippen LogP contribution in [0.1, 0.15) is 50.2 Å². The zero-order valence-electron chi connectivity index (χ0n) is 10.5. The van der Waals surface area contributed by atoms with Crippen LogP contribution in [-0.2, 0) is 0 Å². The summed E-state index contributed by atoms with van der Waals surface area (Å²) in [4.78, 5) is 0. The minimum Gasteiger partial charge on any atom is -0.328 e. The lowest BCUT2D eigenvalue weighted by Crippen LogP contribution is -2.16. The molecule has 2 N–H and O–H groups in total. The molecule has 0 aliphatic rings. The highest BCUT2D eigenvalue weighted by atomic mass is 79.9. The summed E-state index contributed by atoms with van der Waals surface area (Å²) >= 11 is 3.60. The van der Waals surface area contributed by atoms with Crippen molar-refractivity contribution in [2.45, 2.75) is 52.0 Å². The summed E-state index contributed by atoms with van der Waals surface area (Å²) in [5, 5.41) is 0. The highest BCUT2D eigenvalue weighted by Gasteiger charge is 2.13. The van der Waals surface area contributed by atoms with E-state index in [1.807, 2.05) is 0 Å². The van der Waals surface area contributed by atoms with E-state index in [0.29, 0.717) is 12.0 Å². The fourth-order valence-electron chi connectivity index (χ4n) is 2.11. The van der Waals surface area contributed by atoms with Gasteiger partial charge in [-0.3, -0.25) is 0 Å². The van der Waals surface area contributed by atoms with Gasteiger partial charge in [-0.05, 0) is 56.2 Å². The third kappa shape index (κ3) is 3.60. The van der Waals surface area contributed by atoms with Gasteiger partial charge in [-0.15, -0.1) is 0 Å². The first-order valence-electron chi connectivity index (χ1n) is 6.06. The van der Waals surface area contributed by atoms with Crippen LogP contribution >= 0.6 is 15.9 Å². The fraction of sp³-hybridized carbons (Fsp3) is 0.571. The summed E-state index contributed by atoms with van der Waals surface area (Å²) in [6, 6.07) is 6.79. The molecule has 0 aromatic heterocycles. The molecular formula is C14H22BrN. The van der Waals surface area contributed by atoms with Gasteiger partial charge in [0, 0.05) is 10.5 Å². The van der Waals surface area contributed by atoms with Gasteiger partial charge in [0.1, 0.15) is 0 Å². The lowest BCUT2D eigenvalue weighted by Gasteiger charge is -2.19. The maximum atomic E-state index is 5.83. The smallest absolute Gasteiger partial charge is 0.0207 e. The first kappa shape index (κ1) is 13.7. The van der Waals surface area contributed by atoms with Crippen molar-refractivity contribution in [3.05, 3.63) is 33.8 Å². The Balaban J connectivity index is 2.82. The van der Waals surface area contributed by atoms with Crippen LogP contribution in [-0.4, -0.2) is 6.04 Å². The molecule has 1 aromatic rings. The summed E-state index contributed by atoms with van der Waals surface area (Å²) in [6.45, 7) is 6.53. The number of hydrogen-bond donors (Lipinski definition) is 1. The summed E-state index contributed by atoms with van der Waals surface area (Å²) in [5.41, 5.74) is 8.68. The Morgan fingerprint density at radius 3 is 2.56 bits per heavy atom. The number of benzene rings is 1. The molecule has 1 aromatic carbocycles. The molecule has 0 saturated carbocycles. The van der Waals surface area contributed by atoms with Crippen molar-refractivity contribution in [1.82, 2.24) is 0 Å². The van der Waals surface area contributed by atoms with Crippen molar-refractivity contribution in [1.29, 1.82) is 0 Å². The molecule has 90 valence electrons. The highest BCUT2D eigenvalue weighted by Crippen LogP contribution is 2.31. The molecule has 2 heteroatoms. The van der Waals surface area contributed by atoms with Gasteiger partial charge in [0.2, 0.25) is 0 Å². The number of halogens is 1. The second kappa shape index (κ2) is 6.41. The van der Waals surface area contributed by atoms with E-state index in [9.17, 15) is 0 Å². The Hall–Kier alpha value is -0.340. The van der Waals surface area contributed by atoms with Crippen molar-refractivity contribution < 1.29 is 0 Å². The first-order chi connectivity index (χ1) is 7.56. The average Bonchev–Trinajstić information content (AvgIpc) is 2.24. The molecule has 1 rings (SSSR count). The molecule has 2 unspecified atom stereocenters. The SMILES string of the molecule is CCC(CCC(C)N)c1cccc(Br)c1C. The van der Waals surface area contributed by atoms with E-state index in [4.69, 9.17) is 5.73 Å². The summed E-state index contributed by atoms with van der Waals surface area (Å²) in [5.74, 6) is 0.642. The molecule has 0 saturated heterocycles. The van der Waals surface area contributed by atoms with E-state index in [-0.39, 0.29) is 0 Å². The van der Waals surface area contributed by atoms with Crippen LogP contribution in [0.15, 0.2) is 22.7 Å². The fourth-order valence-corrected chi connectivity index (χ4v) is 2.49. The van der Waals surface area contributed by atoms with Crippen LogP contribution in [0.5, 0.6) is 0 Å². The van der Waals surface area contributed by atoms with E-state index in [2.05, 4.69) is 54.9 Å². The van der Waals surface area contributed by atoms with Crippen LogP contribution in [0, 0.1) is 6.92 Å². The second-order valence-corrected chi connectivity index (χ2v) is 5.47. The third-order valence-corrected chi connectivity index (χ3v) is 4.07. The first-order valence-corrected chi connectivity index (χ1v) is 6.86. The lowest BCUT2D eigenvalue weighted by molar-refractivity contribution is 0.530. The van der Waals surface area contributed by atoms with E-state index in [1.165, 1.54) is 28.4 Å². The van der Waals surface area contributed by atoms with Gasteiger partial charge in [0.25, 0.3) is 0 Å². The van der Waals surface area contributed by atoms with Gasteiger partial charge in [0.05, 0.1) is 0 Å². The summed E-state index contributed by atoms with van der Waals surface area (Å²) in [7, 11) is 0. The number of hydrogen-bond acceptors (Lipinski definition) is 1. The molecule has 0 aliphatic heterocycles. The van der Waals surface area contributed by atoms with Crippen molar-refractivity contribution >= 4 is 15.9 Å². The molecule has 0 fully saturated rings. The van der Waals surface area contributed by atoms with Gasteiger partial charge < -0.3 is 5.73 Å². The van der Waals surface area contributed by atoms with Crippen LogP contribution in [0.2, 0.25) is 0 Å².